The maximum absolute atomic E-state index is 12.2. The van der Waals surface area contributed by atoms with Crippen molar-refractivity contribution in [1.29, 1.82) is 0 Å². The Balaban J connectivity index is 1.25. The van der Waals surface area contributed by atoms with Crippen LogP contribution in [-0.4, -0.2) is 44.9 Å². The van der Waals surface area contributed by atoms with E-state index in [0.717, 1.165) is 18.9 Å². The van der Waals surface area contributed by atoms with E-state index in [1.54, 1.807) is 19.2 Å². The Kier molecular flexibility index (Phi) is 4.69. The monoisotopic (exact) mass is 344 g/mol. The first-order valence-corrected chi connectivity index (χ1v) is 9.52. The standard InChI is InChI=1S/C20H28N2O3/c1-24-15-6-4-14(5-7-15)19(23)22-12-11-21-17-16-8-13-25-18(16)20(17)9-2-3-10-20/h4-7,16-18,21H,2-3,8-13H2,1H3,(H,22,23)/t16-,17+,18+/m0/s1. The molecule has 1 aromatic carbocycles. The molecule has 0 aromatic heterocycles. The molecule has 0 bridgehead atoms. The Hall–Kier alpha value is -1.59. The van der Waals surface area contributed by atoms with E-state index < -0.39 is 0 Å². The predicted octanol–water partition coefficient (Wildman–Crippen LogP) is 2.36. The van der Waals surface area contributed by atoms with Crippen molar-refractivity contribution in [1.82, 2.24) is 10.6 Å². The number of carbonyl (C=O) groups is 1. The number of hydrogen-bond donors (Lipinski definition) is 2. The fraction of sp³-hybridized carbons (Fsp3) is 0.650. The van der Waals surface area contributed by atoms with Crippen molar-refractivity contribution in [2.24, 2.45) is 11.3 Å². The molecule has 1 spiro atoms. The number of hydrogen-bond acceptors (Lipinski definition) is 4. The van der Waals surface area contributed by atoms with Crippen LogP contribution >= 0.6 is 0 Å². The summed E-state index contributed by atoms with van der Waals surface area (Å²) in [5.41, 5.74) is 1.04. The molecule has 1 heterocycles. The van der Waals surface area contributed by atoms with Gasteiger partial charge in [0.25, 0.3) is 5.91 Å². The molecule has 5 heteroatoms. The molecule has 1 amide bonds. The molecule has 2 saturated carbocycles. The van der Waals surface area contributed by atoms with Gasteiger partial charge < -0.3 is 20.1 Å². The number of fused-ring (bicyclic) bond motifs is 2. The van der Waals surface area contributed by atoms with Crippen molar-refractivity contribution >= 4 is 5.91 Å². The lowest BCUT2D eigenvalue weighted by atomic mass is 9.54. The van der Waals surface area contributed by atoms with Crippen LogP contribution in [0.3, 0.4) is 0 Å². The summed E-state index contributed by atoms with van der Waals surface area (Å²) in [6.45, 7) is 2.39. The van der Waals surface area contributed by atoms with E-state index in [2.05, 4.69) is 10.6 Å². The number of nitrogens with one attached hydrogen (secondary N) is 2. The van der Waals surface area contributed by atoms with E-state index in [1.807, 2.05) is 12.1 Å². The zero-order valence-corrected chi connectivity index (χ0v) is 14.9. The summed E-state index contributed by atoms with van der Waals surface area (Å²) in [6.07, 6.45) is 6.93. The van der Waals surface area contributed by atoms with E-state index in [0.29, 0.717) is 35.6 Å². The zero-order chi connectivity index (χ0) is 17.3. The molecule has 4 rings (SSSR count). The van der Waals surface area contributed by atoms with Crippen molar-refractivity contribution < 1.29 is 14.3 Å². The molecule has 3 aliphatic rings. The number of benzene rings is 1. The maximum atomic E-state index is 12.2. The molecule has 2 aliphatic carbocycles. The first-order chi connectivity index (χ1) is 12.2. The summed E-state index contributed by atoms with van der Waals surface area (Å²) < 4.78 is 11.1. The lowest BCUT2D eigenvalue weighted by Crippen LogP contribution is -2.67. The van der Waals surface area contributed by atoms with Gasteiger partial charge in [0.05, 0.1) is 13.2 Å². The van der Waals surface area contributed by atoms with Crippen molar-refractivity contribution in [2.75, 3.05) is 26.8 Å². The zero-order valence-electron chi connectivity index (χ0n) is 14.9. The van der Waals surface area contributed by atoms with Gasteiger partial charge in [0.2, 0.25) is 0 Å². The summed E-state index contributed by atoms with van der Waals surface area (Å²) in [5.74, 6) is 1.41. The van der Waals surface area contributed by atoms with Crippen LogP contribution in [0.2, 0.25) is 0 Å². The van der Waals surface area contributed by atoms with Gasteiger partial charge in [0.1, 0.15) is 5.75 Å². The van der Waals surface area contributed by atoms with Gasteiger partial charge in [0.15, 0.2) is 0 Å². The van der Waals surface area contributed by atoms with Gasteiger partial charge in [-0.15, -0.1) is 0 Å². The predicted molar refractivity (Wildman–Crippen MR) is 95.9 cm³/mol. The van der Waals surface area contributed by atoms with Gasteiger partial charge in [-0.3, -0.25) is 4.79 Å². The van der Waals surface area contributed by atoms with Crippen molar-refractivity contribution in [2.45, 2.75) is 44.2 Å². The third kappa shape index (κ3) is 2.93. The molecule has 136 valence electrons. The molecule has 3 atom stereocenters. The molecule has 2 N–H and O–H groups in total. The number of carbonyl (C=O) groups excluding carboxylic acids is 1. The molecular weight excluding hydrogens is 316 g/mol. The highest BCUT2D eigenvalue weighted by Gasteiger charge is 2.64. The summed E-state index contributed by atoms with van der Waals surface area (Å²) in [5, 5.41) is 6.74. The largest absolute Gasteiger partial charge is 0.497 e. The highest BCUT2D eigenvalue weighted by Crippen LogP contribution is 2.60. The Bertz CT molecular complexity index is 610. The molecule has 25 heavy (non-hydrogen) atoms. The summed E-state index contributed by atoms with van der Waals surface area (Å²) in [4.78, 5) is 12.2. The van der Waals surface area contributed by atoms with Crippen LogP contribution in [-0.2, 0) is 4.74 Å². The molecule has 1 aromatic rings. The molecular formula is C20H28N2O3. The molecule has 1 aliphatic heterocycles. The van der Waals surface area contributed by atoms with Crippen molar-refractivity contribution in [3.8, 4) is 5.75 Å². The second kappa shape index (κ2) is 6.96. The topological polar surface area (TPSA) is 59.6 Å². The van der Waals surface area contributed by atoms with E-state index in [4.69, 9.17) is 9.47 Å². The fourth-order valence-corrected chi connectivity index (χ4v) is 5.26. The van der Waals surface area contributed by atoms with Gasteiger partial charge in [0, 0.05) is 42.6 Å². The van der Waals surface area contributed by atoms with Gasteiger partial charge in [-0.1, -0.05) is 12.8 Å². The average molecular weight is 344 g/mol. The Labute approximate surface area is 149 Å². The van der Waals surface area contributed by atoms with Crippen LogP contribution in [0.5, 0.6) is 5.75 Å². The lowest BCUT2D eigenvalue weighted by Gasteiger charge is -2.57. The number of ether oxygens (including phenoxy) is 2. The number of rotatable bonds is 6. The van der Waals surface area contributed by atoms with Crippen LogP contribution in [0.4, 0.5) is 0 Å². The van der Waals surface area contributed by atoms with E-state index in [9.17, 15) is 4.79 Å². The van der Waals surface area contributed by atoms with Crippen LogP contribution in [0.25, 0.3) is 0 Å². The Morgan fingerprint density at radius 3 is 2.72 bits per heavy atom. The average Bonchev–Trinajstić information content (AvgIpc) is 3.30. The van der Waals surface area contributed by atoms with Gasteiger partial charge in [-0.2, -0.15) is 0 Å². The lowest BCUT2D eigenvalue weighted by molar-refractivity contribution is -0.130. The van der Waals surface area contributed by atoms with Gasteiger partial charge in [-0.25, -0.2) is 0 Å². The van der Waals surface area contributed by atoms with E-state index in [-0.39, 0.29) is 5.91 Å². The normalized spacial score (nSPS) is 29.2. The first kappa shape index (κ1) is 16.9. The van der Waals surface area contributed by atoms with Crippen molar-refractivity contribution in [3.05, 3.63) is 29.8 Å². The minimum Gasteiger partial charge on any atom is -0.497 e. The minimum atomic E-state index is -0.0317. The molecule has 0 radical (unpaired) electrons. The molecule has 1 saturated heterocycles. The Morgan fingerprint density at radius 1 is 1.24 bits per heavy atom. The van der Waals surface area contributed by atoms with Crippen LogP contribution in [0.1, 0.15) is 42.5 Å². The molecule has 3 fully saturated rings. The second-order valence-electron chi connectivity index (χ2n) is 7.60. The summed E-state index contributed by atoms with van der Waals surface area (Å²) in [6, 6.07) is 7.78. The van der Waals surface area contributed by atoms with Gasteiger partial charge >= 0.3 is 0 Å². The third-order valence-electron chi connectivity index (χ3n) is 6.41. The first-order valence-electron chi connectivity index (χ1n) is 9.52. The fourth-order valence-electron chi connectivity index (χ4n) is 5.26. The third-order valence-corrected chi connectivity index (χ3v) is 6.41. The smallest absolute Gasteiger partial charge is 0.251 e. The highest BCUT2D eigenvalue weighted by atomic mass is 16.5. The number of amides is 1. The van der Waals surface area contributed by atoms with E-state index in [1.165, 1.54) is 32.1 Å². The van der Waals surface area contributed by atoms with Crippen LogP contribution in [0, 0.1) is 11.3 Å². The highest BCUT2D eigenvalue weighted by molar-refractivity contribution is 5.94. The van der Waals surface area contributed by atoms with Gasteiger partial charge in [-0.05, 0) is 43.5 Å². The quantitative estimate of drug-likeness (QED) is 0.778. The van der Waals surface area contributed by atoms with Crippen LogP contribution in [0.15, 0.2) is 24.3 Å². The number of methoxy groups -OCH3 is 1. The van der Waals surface area contributed by atoms with Crippen molar-refractivity contribution in [3.63, 3.8) is 0 Å². The molecule has 5 nitrogen and oxygen atoms in total. The van der Waals surface area contributed by atoms with Crippen LogP contribution < -0.4 is 15.4 Å². The second-order valence-corrected chi connectivity index (χ2v) is 7.60. The maximum Gasteiger partial charge on any atom is 0.251 e. The molecule has 0 unspecified atom stereocenters. The minimum absolute atomic E-state index is 0.0317. The SMILES string of the molecule is COc1ccc(C(=O)NCCN[C@@H]2[C@@H]3CCO[C@H]3C23CCCC3)cc1. The Morgan fingerprint density at radius 2 is 2.00 bits per heavy atom. The summed E-state index contributed by atoms with van der Waals surface area (Å²) in [7, 11) is 1.62. The summed E-state index contributed by atoms with van der Waals surface area (Å²) >= 11 is 0. The van der Waals surface area contributed by atoms with E-state index >= 15 is 0 Å².